The van der Waals surface area contributed by atoms with Gasteiger partial charge in [0.05, 0.1) is 24.5 Å². The fourth-order valence-corrected chi connectivity index (χ4v) is 3.39. The number of ether oxygens (including phenoxy) is 2. The van der Waals surface area contributed by atoms with Gasteiger partial charge in [-0.15, -0.1) is 0 Å². The van der Waals surface area contributed by atoms with Gasteiger partial charge in [0.2, 0.25) is 0 Å². The van der Waals surface area contributed by atoms with Crippen LogP contribution >= 0.6 is 24.2 Å². The van der Waals surface area contributed by atoms with Gasteiger partial charge in [-0.1, -0.05) is 0 Å². The molecule has 2 rings (SSSR count). The molecule has 0 aromatic carbocycles. The molecule has 4 amide bonds. The van der Waals surface area contributed by atoms with E-state index in [0.717, 1.165) is 30.6 Å². The lowest BCUT2D eigenvalue weighted by Crippen LogP contribution is -2.45. The maximum Gasteiger partial charge on any atom is 0.413 e. The van der Waals surface area contributed by atoms with Crippen molar-refractivity contribution in [2.75, 3.05) is 24.6 Å². The van der Waals surface area contributed by atoms with E-state index in [1.165, 1.54) is 0 Å². The standard InChI is InChI=1S/C19H28N6O5S2/c1-5-29-17(27)23-16(31)22-15(26)24-32-14-7-6-13(10-20-14)25-9-8-12(11-25)21-18(28)30-19(2,3)4/h6-7,10,12H,5,8-9,11H2,1-4H3,(H,21,28)(H3,22,23,24,26,27,31). The van der Waals surface area contributed by atoms with Gasteiger partial charge in [-0.25, -0.2) is 19.4 Å². The third-order valence-corrected chi connectivity index (χ3v) is 4.90. The predicted octanol–water partition coefficient (Wildman–Crippen LogP) is 2.52. The first-order valence-electron chi connectivity index (χ1n) is 9.98. The summed E-state index contributed by atoms with van der Waals surface area (Å²) in [5.74, 6) is 0. The highest BCUT2D eigenvalue weighted by molar-refractivity contribution is 7.97. The van der Waals surface area contributed by atoms with Gasteiger partial charge < -0.3 is 19.7 Å². The van der Waals surface area contributed by atoms with Crippen LogP contribution in [0, 0.1) is 0 Å². The van der Waals surface area contributed by atoms with Crippen LogP contribution in [0.2, 0.25) is 0 Å². The second kappa shape index (κ2) is 11.7. The van der Waals surface area contributed by atoms with Gasteiger partial charge in [-0.05, 0) is 58.5 Å². The molecule has 2 heterocycles. The molecule has 1 aromatic heterocycles. The van der Waals surface area contributed by atoms with Gasteiger partial charge in [0.25, 0.3) is 0 Å². The molecule has 1 fully saturated rings. The molecule has 1 aromatic rings. The number of nitrogens with zero attached hydrogens (tertiary/aromatic N) is 2. The van der Waals surface area contributed by atoms with E-state index in [4.69, 9.17) is 17.0 Å². The van der Waals surface area contributed by atoms with E-state index < -0.39 is 23.8 Å². The number of hydrogen-bond acceptors (Lipinski definition) is 9. The number of alkyl carbamates (subject to hydrolysis) is 2. The number of hydrogen-bond donors (Lipinski definition) is 4. The minimum absolute atomic E-state index is 0.00341. The van der Waals surface area contributed by atoms with Gasteiger partial charge in [0.1, 0.15) is 10.6 Å². The van der Waals surface area contributed by atoms with Gasteiger partial charge in [-0.3, -0.25) is 15.4 Å². The smallest absolute Gasteiger partial charge is 0.413 e. The molecule has 176 valence electrons. The Hall–Kier alpha value is -2.80. The molecule has 0 saturated carbocycles. The van der Waals surface area contributed by atoms with Crippen molar-refractivity contribution < 1.29 is 23.9 Å². The first kappa shape index (κ1) is 25.5. The molecule has 11 nitrogen and oxygen atoms in total. The SMILES string of the molecule is CCOC(=O)NC(=S)NC(=O)NSc1ccc(N2CCC(NC(=O)OC(C)(C)C)C2)cn1. The Balaban J connectivity index is 1.75. The first-order chi connectivity index (χ1) is 15.1. The molecule has 1 saturated heterocycles. The maximum absolute atomic E-state index is 11.9. The highest BCUT2D eigenvalue weighted by Crippen LogP contribution is 2.22. The zero-order valence-corrected chi connectivity index (χ0v) is 20.0. The van der Waals surface area contributed by atoms with Crippen molar-refractivity contribution in [2.45, 2.75) is 50.8 Å². The second-order valence-corrected chi connectivity index (χ2v) is 9.00. The molecule has 0 spiro atoms. The van der Waals surface area contributed by atoms with Crippen LogP contribution in [0.3, 0.4) is 0 Å². The number of rotatable bonds is 5. The third kappa shape index (κ3) is 9.14. The normalized spacial score (nSPS) is 15.5. The Morgan fingerprint density at radius 2 is 2.00 bits per heavy atom. The summed E-state index contributed by atoms with van der Waals surface area (Å²) in [6.45, 7) is 8.75. The molecule has 4 N–H and O–H groups in total. The summed E-state index contributed by atoms with van der Waals surface area (Å²) in [5, 5.41) is 7.79. The third-order valence-electron chi connectivity index (χ3n) is 3.96. The van der Waals surface area contributed by atoms with Crippen LogP contribution in [0.25, 0.3) is 0 Å². The number of carbonyl (C=O) groups is 3. The van der Waals surface area contributed by atoms with E-state index in [9.17, 15) is 14.4 Å². The van der Waals surface area contributed by atoms with Crippen LogP contribution in [0.15, 0.2) is 23.4 Å². The van der Waals surface area contributed by atoms with Crippen molar-refractivity contribution in [3.05, 3.63) is 18.3 Å². The second-order valence-electron chi connectivity index (χ2n) is 7.77. The van der Waals surface area contributed by atoms with Gasteiger partial charge >= 0.3 is 18.2 Å². The maximum atomic E-state index is 11.9. The van der Waals surface area contributed by atoms with Crippen molar-refractivity contribution in [1.29, 1.82) is 0 Å². The van der Waals surface area contributed by atoms with Crippen LogP contribution in [0.4, 0.5) is 20.1 Å². The number of pyridine rings is 1. The molecule has 0 radical (unpaired) electrons. The lowest BCUT2D eigenvalue weighted by atomic mass is 10.2. The molecule has 0 bridgehead atoms. The quantitative estimate of drug-likeness (QED) is 0.367. The summed E-state index contributed by atoms with van der Waals surface area (Å²) >= 11 is 5.84. The molecule has 1 aliphatic heterocycles. The minimum atomic E-state index is -0.742. The number of urea groups is 1. The summed E-state index contributed by atoms with van der Waals surface area (Å²) in [4.78, 5) is 41.5. The van der Waals surface area contributed by atoms with E-state index >= 15 is 0 Å². The van der Waals surface area contributed by atoms with Gasteiger partial charge in [0.15, 0.2) is 5.11 Å². The van der Waals surface area contributed by atoms with Gasteiger partial charge in [0, 0.05) is 25.0 Å². The number of aromatic nitrogens is 1. The summed E-state index contributed by atoms with van der Waals surface area (Å²) in [6.07, 6.45) is 1.34. The monoisotopic (exact) mass is 484 g/mol. The van der Waals surface area contributed by atoms with E-state index in [1.807, 2.05) is 26.8 Å². The largest absolute Gasteiger partial charge is 0.450 e. The molecule has 13 heteroatoms. The Kier molecular flexibility index (Phi) is 9.32. The molecule has 1 unspecified atom stereocenters. The van der Waals surface area contributed by atoms with Crippen LogP contribution < -0.4 is 25.6 Å². The van der Waals surface area contributed by atoms with E-state index in [1.54, 1.807) is 19.2 Å². The summed E-state index contributed by atoms with van der Waals surface area (Å²) in [5.41, 5.74) is 0.375. The summed E-state index contributed by atoms with van der Waals surface area (Å²) in [7, 11) is 0. The van der Waals surface area contributed by atoms with E-state index in [-0.39, 0.29) is 17.8 Å². The molecule has 0 aliphatic carbocycles. The number of carbonyl (C=O) groups excluding carboxylic acids is 3. The van der Waals surface area contributed by atoms with Crippen molar-refractivity contribution in [2.24, 2.45) is 0 Å². The zero-order valence-electron chi connectivity index (χ0n) is 18.4. The number of anilines is 1. The van der Waals surface area contributed by atoms with Gasteiger partial charge in [-0.2, -0.15) is 0 Å². The first-order valence-corrected chi connectivity index (χ1v) is 11.2. The number of amides is 4. The predicted molar refractivity (Wildman–Crippen MR) is 125 cm³/mol. The Labute approximate surface area is 196 Å². The molecule has 1 atom stereocenters. The van der Waals surface area contributed by atoms with Crippen molar-refractivity contribution in [1.82, 2.24) is 25.7 Å². The highest BCUT2D eigenvalue weighted by atomic mass is 32.2. The topological polar surface area (TPSA) is 134 Å². The lowest BCUT2D eigenvalue weighted by molar-refractivity contribution is 0.0509. The highest BCUT2D eigenvalue weighted by Gasteiger charge is 2.26. The van der Waals surface area contributed by atoms with Crippen molar-refractivity contribution in [3.63, 3.8) is 0 Å². The fraction of sp³-hybridized carbons (Fsp3) is 0.526. The lowest BCUT2D eigenvalue weighted by Gasteiger charge is -2.22. The minimum Gasteiger partial charge on any atom is -0.450 e. The number of nitrogens with one attached hydrogen (secondary N) is 4. The molecular formula is C19H28N6O5S2. The van der Waals surface area contributed by atoms with Crippen LogP contribution in [0.1, 0.15) is 34.1 Å². The van der Waals surface area contributed by atoms with E-state index in [0.29, 0.717) is 11.6 Å². The molecular weight excluding hydrogens is 456 g/mol. The zero-order chi connectivity index (χ0) is 23.7. The number of thiocarbonyl (C=S) groups is 1. The average molecular weight is 485 g/mol. The average Bonchev–Trinajstić information content (AvgIpc) is 3.13. The van der Waals surface area contributed by atoms with Crippen molar-refractivity contribution in [3.8, 4) is 0 Å². The molecule has 32 heavy (non-hydrogen) atoms. The van der Waals surface area contributed by atoms with Crippen molar-refractivity contribution >= 4 is 53.2 Å². The van der Waals surface area contributed by atoms with Crippen LogP contribution in [-0.4, -0.2) is 59.7 Å². The Morgan fingerprint density at radius 1 is 1.25 bits per heavy atom. The van der Waals surface area contributed by atoms with Crippen LogP contribution in [0.5, 0.6) is 0 Å². The Morgan fingerprint density at radius 3 is 2.62 bits per heavy atom. The Bertz CT molecular complexity index is 830. The van der Waals surface area contributed by atoms with Crippen LogP contribution in [-0.2, 0) is 9.47 Å². The van der Waals surface area contributed by atoms with E-state index in [2.05, 4.69) is 35.3 Å². The summed E-state index contributed by atoms with van der Waals surface area (Å²) in [6, 6.07) is 3.04. The molecule has 1 aliphatic rings. The summed E-state index contributed by atoms with van der Waals surface area (Å²) < 4.78 is 12.5. The fourth-order valence-electron chi connectivity index (χ4n) is 2.73.